The molecular formula is C13H13F2N3O2. The number of nitrogens with zero attached hydrogens (tertiary/aromatic N) is 2. The topological polar surface area (TPSA) is 56.3 Å². The van der Waals surface area contributed by atoms with Crippen molar-refractivity contribution in [2.45, 2.75) is 6.54 Å². The lowest BCUT2D eigenvalue weighted by atomic mass is 10.2. The smallest absolute Gasteiger partial charge is 0.225 e. The minimum atomic E-state index is -0.657. The van der Waals surface area contributed by atoms with E-state index in [4.69, 9.17) is 9.47 Å². The number of benzene rings is 1. The van der Waals surface area contributed by atoms with E-state index >= 15 is 0 Å². The molecule has 0 bridgehead atoms. The van der Waals surface area contributed by atoms with Gasteiger partial charge in [0.15, 0.2) is 0 Å². The summed E-state index contributed by atoms with van der Waals surface area (Å²) in [4.78, 5) is 7.90. The maximum absolute atomic E-state index is 13.1. The molecule has 1 heterocycles. The zero-order valence-electron chi connectivity index (χ0n) is 11.0. The van der Waals surface area contributed by atoms with Crippen molar-refractivity contribution < 1.29 is 18.3 Å². The van der Waals surface area contributed by atoms with Crippen LogP contribution >= 0.6 is 0 Å². The SMILES string of the molecule is COc1ncnc(OC)c1CNc1cc(F)cc(F)c1. The molecule has 0 atom stereocenters. The first-order chi connectivity index (χ1) is 9.63. The zero-order valence-corrected chi connectivity index (χ0v) is 11.0. The molecule has 0 fully saturated rings. The molecule has 20 heavy (non-hydrogen) atoms. The molecule has 2 rings (SSSR count). The molecule has 0 aliphatic carbocycles. The summed E-state index contributed by atoms with van der Waals surface area (Å²) in [6.07, 6.45) is 1.31. The van der Waals surface area contributed by atoms with Gasteiger partial charge in [0.2, 0.25) is 11.8 Å². The van der Waals surface area contributed by atoms with Gasteiger partial charge in [0.1, 0.15) is 18.0 Å². The number of rotatable bonds is 5. The Bertz CT molecular complexity index is 566. The first kappa shape index (κ1) is 14.0. The fraction of sp³-hybridized carbons (Fsp3) is 0.231. The molecule has 1 aromatic heterocycles. The molecule has 0 unspecified atom stereocenters. The minimum Gasteiger partial charge on any atom is -0.481 e. The van der Waals surface area contributed by atoms with Crippen molar-refractivity contribution in [1.82, 2.24) is 9.97 Å². The van der Waals surface area contributed by atoms with Crippen molar-refractivity contribution in [1.29, 1.82) is 0 Å². The summed E-state index contributed by atoms with van der Waals surface area (Å²) < 4.78 is 36.4. The molecule has 0 saturated heterocycles. The van der Waals surface area contributed by atoms with Crippen LogP contribution in [0.1, 0.15) is 5.56 Å². The Kier molecular flexibility index (Phi) is 4.29. The van der Waals surface area contributed by atoms with Crippen molar-refractivity contribution >= 4 is 5.69 Å². The predicted octanol–water partition coefficient (Wildman–Crippen LogP) is 2.38. The molecule has 2 aromatic rings. The van der Waals surface area contributed by atoms with Crippen LogP contribution in [0.25, 0.3) is 0 Å². The number of ether oxygens (including phenoxy) is 2. The second-order valence-electron chi connectivity index (χ2n) is 3.88. The van der Waals surface area contributed by atoms with Gasteiger partial charge >= 0.3 is 0 Å². The Morgan fingerprint density at radius 1 is 1.00 bits per heavy atom. The quantitative estimate of drug-likeness (QED) is 0.912. The van der Waals surface area contributed by atoms with Crippen LogP contribution in [0.3, 0.4) is 0 Å². The van der Waals surface area contributed by atoms with Gasteiger partial charge in [-0.1, -0.05) is 0 Å². The number of nitrogens with one attached hydrogen (secondary N) is 1. The number of halogens is 2. The fourth-order valence-corrected chi connectivity index (χ4v) is 1.73. The molecule has 106 valence electrons. The van der Waals surface area contributed by atoms with Gasteiger partial charge in [0, 0.05) is 11.8 Å². The van der Waals surface area contributed by atoms with E-state index in [2.05, 4.69) is 15.3 Å². The molecule has 0 aliphatic heterocycles. The predicted molar refractivity (Wildman–Crippen MR) is 68.8 cm³/mol. The Morgan fingerprint density at radius 3 is 2.05 bits per heavy atom. The average molecular weight is 281 g/mol. The molecule has 1 N–H and O–H groups in total. The van der Waals surface area contributed by atoms with E-state index in [-0.39, 0.29) is 6.54 Å². The van der Waals surface area contributed by atoms with Gasteiger partial charge in [-0.3, -0.25) is 0 Å². The Morgan fingerprint density at radius 2 is 1.55 bits per heavy atom. The standard InChI is InChI=1S/C13H13F2N3O2/c1-19-12-11(13(20-2)18-7-17-12)6-16-10-4-8(14)3-9(15)5-10/h3-5,7,16H,6H2,1-2H3. The van der Waals surface area contributed by atoms with Crippen LogP contribution in [-0.4, -0.2) is 24.2 Å². The average Bonchev–Trinajstić information content (AvgIpc) is 2.43. The fourth-order valence-electron chi connectivity index (χ4n) is 1.73. The monoisotopic (exact) mass is 281 g/mol. The molecule has 0 aliphatic rings. The van der Waals surface area contributed by atoms with Gasteiger partial charge in [-0.2, -0.15) is 0 Å². The zero-order chi connectivity index (χ0) is 14.5. The third-order valence-corrected chi connectivity index (χ3v) is 2.58. The maximum atomic E-state index is 13.1. The van der Waals surface area contributed by atoms with Crippen molar-refractivity contribution in [2.24, 2.45) is 0 Å². The number of hydrogen-bond donors (Lipinski definition) is 1. The highest BCUT2D eigenvalue weighted by Crippen LogP contribution is 2.24. The molecule has 0 amide bonds. The molecule has 7 heteroatoms. The van der Waals surface area contributed by atoms with Gasteiger partial charge in [-0.15, -0.1) is 0 Å². The number of methoxy groups -OCH3 is 2. The number of anilines is 1. The van der Waals surface area contributed by atoms with Crippen LogP contribution in [0.4, 0.5) is 14.5 Å². The van der Waals surface area contributed by atoms with Crippen LogP contribution in [0.15, 0.2) is 24.5 Å². The lowest BCUT2D eigenvalue weighted by Gasteiger charge is -2.12. The normalized spacial score (nSPS) is 10.2. The molecule has 0 radical (unpaired) electrons. The highest BCUT2D eigenvalue weighted by Gasteiger charge is 2.12. The Labute approximate surface area is 114 Å². The number of aromatic nitrogens is 2. The van der Waals surface area contributed by atoms with Crippen molar-refractivity contribution in [3.63, 3.8) is 0 Å². The Hall–Kier alpha value is -2.44. The third-order valence-electron chi connectivity index (χ3n) is 2.58. The van der Waals surface area contributed by atoms with Crippen LogP contribution in [0.5, 0.6) is 11.8 Å². The highest BCUT2D eigenvalue weighted by atomic mass is 19.1. The minimum absolute atomic E-state index is 0.204. The second-order valence-corrected chi connectivity index (χ2v) is 3.88. The maximum Gasteiger partial charge on any atom is 0.225 e. The molecule has 1 aromatic carbocycles. The van der Waals surface area contributed by atoms with Crippen LogP contribution in [0.2, 0.25) is 0 Å². The first-order valence-corrected chi connectivity index (χ1v) is 5.76. The lowest BCUT2D eigenvalue weighted by molar-refractivity contribution is 0.363. The van der Waals surface area contributed by atoms with Gasteiger partial charge in [-0.25, -0.2) is 18.7 Å². The van der Waals surface area contributed by atoms with E-state index in [1.54, 1.807) is 0 Å². The molecule has 0 spiro atoms. The van der Waals surface area contributed by atoms with Crippen molar-refractivity contribution in [3.05, 3.63) is 41.7 Å². The summed E-state index contributed by atoms with van der Waals surface area (Å²) in [5.41, 5.74) is 0.859. The first-order valence-electron chi connectivity index (χ1n) is 5.76. The summed E-state index contributed by atoms with van der Waals surface area (Å²) in [6.45, 7) is 0.204. The third kappa shape index (κ3) is 3.11. The molecule has 5 nitrogen and oxygen atoms in total. The van der Waals surface area contributed by atoms with Crippen LogP contribution < -0.4 is 14.8 Å². The molecular weight excluding hydrogens is 268 g/mol. The van der Waals surface area contributed by atoms with Crippen LogP contribution in [-0.2, 0) is 6.54 Å². The van der Waals surface area contributed by atoms with Crippen molar-refractivity contribution in [3.8, 4) is 11.8 Å². The van der Waals surface area contributed by atoms with Crippen LogP contribution in [0, 0.1) is 11.6 Å². The second kappa shape index (κ2) is 6.14. The largest absolute Gasteiger partial charge is 0.481 e. The van der Waals surface area contributed by atoms with E-state index in [1.807, 2.05) is 0 Å². The lowest BCUT2D eigenvalue weighted by Crippen LogP contribution is -2.07. The molecule has 0 saturated carbocycles. The summed E-state index contributed by atoms with van der Waals surface area (Å²) in [7, 11) is 2.93. The Balaban J connectivity index is 2.22. The highest BCUT2D eigenvalue weighted by molar-refractivity contribution is 5.46. The summed E-state index contributed by atoms with van der Waals surface area (Å²) in [5, 5.41) is 2.87. The van der Waals surface area contributed by atoms with E-state index in [0.717, 1.165) is 6.07 Å². The summed E-state index contributed by atoms with van der Waals surface area (Å²) in [5.74, 6) is -0.645. The van der Waals surface area contributed by atoms with Crippen molar-refractivity contribution in [2.75, 3.05) is 19.5 Å². The van der Waals surface area contributed by atoms with E-state index in [9.17, 15) is 8.78 Å². The van der Waals surface area contributed by atoms with Gasteiger partial charge in [0.05, 0.1) is 26.3 Å². The van der Waals surface area contributed by atoms with E-state index in [0.29, 0.717) is 23.0 Å². The van der Waals surface area contributed by atoms with Gasteiger partial charge in [0.25, 0.3) is 0 Å². The van der Waals surface area contributed by atoms with Gasteiger partial charge in [-0.05, 0) is 12.1 Å². The number of hydrogen-bond acceptors (Lipinski definition) is 5. The van der Waals surface area contributed by atoms with E-state index < -0.39 is 11.6 Å². The summed E-state index contributed by atoms with van der Waals surface area (Å²) in [6, 6.07) is 3.18. The van der Waals surface area contributed by atoms with E-state index in [1.165, 1.54) is 32.7 Å². The summed E-state index contributed by atoms with van der Waals surface area (Å²) >= 11 is 0. The van der Waals surface area contributed by atoms with Gasteiger partial charge < -0.3 is 14.8 Å².